The zero-order chi connectivity index (χ0) is 13.9. The molecule has 0 amide bonds. The number of anilines is 1. The molecule has 1 aliphatic heterocycles. The summed E-state index contributed by atoms with van der Waals surface area (Å²) in [4.78, 5) is 6.94. The average Bonchev–Trinajstić information content (AvgIpc) is 2.47. The van der Waals surface area contributed by atoms with Crippen molar-refractivity contribution >= 4 is 28.2 Å². The number of fused-ring (bicyclic) bond motifs is 1. The van der Waals surface area contributed by atoms with Gasteiger partial charge in [-0.3, -0.25) is 4.98 Å². The van der Waals surface area contributed by atoms with E-state index in [2.05, 4.69) is 22.0 Å². The summed E-state index contributed by atoms with van der Waals surface area (Å²) in [5.74, 6) is 0. The van der Waals surface area contributed by atoms with Gasteiger partial charge in [0.15, 0.2) is 0 Å². The lowest BCUT2D eigenvalue weighted by Crippen LogP contribution is -2.40. The van der Waals surface area contributed by atoms with Gasteiger partial charge in [-0.25, -0.2) is 0 Å². The van der Waals surface area contributed by atoms with Gasteiger partial charge in [-0.2, -0.15) is 0 Å². The third kappa shape index (κ3) is 2.60. The molecule has 1 unspecified atom stereocenters. The number of halogens is 1. The minimum Gasteiger partial charge on any atom is -0.368 e. The van der Waals surface area contributed by atoms with Crippen molar-refractivity contribution in [3.05, 3.63) is 35.5 Å². The Hall–Kier alpha value is -1.32. The molecule has 3 nitrogen and oxygen atoms in total. The van der Waals surface area contributed by atoms with Gasteiger partial charge in [0.05, 0.1) is 5.52 Å². The van der Waals surface area contributed by atoms with Crippen molar-refractivity contribution in [1.82, 2.24) is 4.98 Å². The van der Waals surface area contributed by atoms with Crippen LogP contribution in [0.15, 0.2) is 30.5 Å². The van der Waals surface area contributed by atoms with Crippen LogP contribution in [0.4, 0.5) is 5.69 Å². The molecule has 2 aromatic rings. The van der Waals surface area contributed by atoms with Gasteiger partial charge in [0.2, 0.25) is 0 Å². The van der Waals surface area contributed by atoms with Gasteiger partial charge >= 0.3 is 0 Å². The summed E-state index contributed by atoms with van der Waals surface area (Å²) in [5, 5.41) is 1.92. The predicted molar refractivity (Wildman–Crippen MR) is 85.4 cm³/mol. The lowest BCUT2D eigenvalue weighted by Gasteiger charge is -2.38. The molecule has 1 aromatic heterocycles. The highest BCUT2D eigenvalue weighted by atomic mass is 35.5. The van der Waals surface area contributed by atoms with Crippen LogP contribution >= 0.6 is 11.6 Å². The molecule has 0 bridgehead atoms. The Labute approximate surface area is 124 Å². The molecule has 20 heavy (non-hydrogen) atoms. The van der Waals surface area contributed by atoms with E-state index in [0.29, 0.717) is 6.04 Å². The number of benzene rings is 1. The van der Waals surface area contributed by atoms with Gasteiger partial charge in [-0.15, -0.1) is 0 Å². The minimum absolute atomic E-state index is 0.551. The number of hydrogen-bond donors (Lipinski definition) is 1. The molecule has 1 saturated heterocycles. The van der Waals surface area contributed by atoms with Crippen molar-refractivity contribution in [1.29, 1.82) is 0 Å². The van der Waals surface area contributed by atoms with Gasteiger partial charge in [-0.1, -0.05) is 11.6 Å². The van der Waals surface area contributed by atoms with Crippen LogP contribution in [0, 0.1) is 0 Å². The Balaban J connectivity index is 2.03. The molecular formula is C16H20ClN3. The molecule has 3 rings (SSSR count). The summed E-state index contributed by atoms with van der Waals surface area (Å²) in [5.41, 5.74) is 8.01. The summed E-state index contributed by atoms with van der Waals surface area (Å²) in [6, 6.07) is 8.62. The van der Waals surface area contributed by atoms with E-state index in [1.807, 2.05) is 18.3 Å². The molecule has 0 spiro atoms. The number of hydrogen-bond acceptors (Lipinski definition) is 3. The first-order valence-corrected chi connectivity index (χ1v) is 7.68. The Bertz CT molecular complexity index is 597. The maximum atomic E-state index is 6.07. The SMILES string of the molecule is NCCC1CCCCN1c1ccnc2cc(Cl)ccc12. The number of aromatic nitrogens is 1. The topological polar surface area (TPSA) is 42.1 Å². The molecule has 0 aliphatic carbocycles. The van der Waals surface area contributed by atoms with Crippen LogP contribution in [-0.2, 0) is 0 Å². The number of piperidine rings is 1. The smallest absolute Gasteiger partial charge is 0.0737 e. The van der Waals surface area contributed by atoms with Crippen LogP contribution in [0.5, 0.6) is 0 Å². The summed E-state index contributed by atoms with van der Waals surface area (Å²) >= 11 is 6.07. The molecular weight excluding hydrogens is 270 g/mol. The van der Waals surface area contributed by atoms with Crippen LogP contribution in [0.25, 0.3) is 10.9 Å². The van der Waals surface area contributed by atoms with Crippen molar-refractivity contribution in [2.24, 2.45) is 5.73 Å². The molecule has 2 heterocycles. The second-order valence-electron chi connectivity index (χ2n) is 5.41. The Morgan fingerprint density at radius 3 is 3.05 bits per heavy atom. The van der Waals surface area contributed by atoms with E-state index < -0.39 is 0 Å². The third-order valence-corrected chi connectivity index (χ3v) is 4.35. The molecule has 4 heteroatoms. The maximum absolute atomic E-state index is 6.07. The maximum Gasteiger partial charge on any atom is 0.0737 e. The molecule has 0 radical (unpaired) electrons. The number of rotatable bonds is 3. The lowest BCUT2D eigenvalue weighted by atomic mass is 9.98. The van der Waals surface area contributed by atoms with E-state index in [-0.39, 0.29) is 0 Å². The summed E-state index contributed by atoms with van der Waals surface area (Å²) in [6.07, 6.45) is 6.71. The Morgan fingerprint density at radius 1 is 1.30 bits per heavy atom. The lowest BCUT2D eigenvalue weighted by molar-refractivity contribution is 0.442. The van der Waals surface area contributed by atoms with Gasteiger partial charge < -0.3 is 10.6 Å². The van der Waals surface area contributed by atoms with Gasteiger partial charge in [0.1, 0.15) is 0 Å². The first-order chi connectivity index (χ1) is 9.79. The van der Waals surface area contributed by atoms with E-state index in [1.54, 1.807) is 0 Å². The van der Waals surface area contributed by atoms with E-state index in [9.17, 15) is 0 Å². The fourth-order valence-corrected chi connectivity index (χ4v) is 3.33. The average molecular weight is 290 g/mol. The standard InChI is InChI=1S/C16H20ClN3/c17-12-4-5-14-15(11-12)19-9-7-16(14)20-10-2-1-3-13(20)6-8-18/h4-5,7,9,11,13H,1-3,6,8,10,18H2. The van der Waals surface area contributed by atoms with Crippen molar-refractivity contribution in [3.8, 4) is 0 Å². The predicted octanol–water partition coefficient (Wildman–Crippen LogP) is 3.60. The quantitative estimate of drug-likeness (QED) is 0.939. The highest BCUT2D eigenvalue weighted by Gasteiger charge is 2.23. The zero-order valence-corrected chi connectivity index (χ0v) is 12.3. The molecule has 2 N–H and O–H groups in total. The van der Waals surface area contributed by atoms with E-state index in [1.165, 1.54) is 30.3 Å². The largest absolute Gasteiger partial charge is 0.368 e. The van der Waals surface area contributed by atoms with E-state index >= 15 is 0 Å². The minimum atomic E-state index is 0.551. The summed E-state index contributed by atoms with van der Waals surface area (Å²) in [6.45, 7) is 1.85. The normalized spacial score (nSPS) is 19.5. The van der Waals surface area contributed by atoms with E-state index in [0.717, 1.165) is 30.0 Å². The number of pyridine rings is 1. The van der Waals surface area contributed by atoms with Crippen molar-refractivity contribution in [3.63, 3.8) is 0 Å². The molecule has 1 aromatic carbocycles. The zero-order valence-electron chi connectivity index (χ0n) is 11.6. The third-order valence-electron chi connectivity index (χ3n) is 4.12. The Morgan fingerprint density at radius 2 is 2.20 bits per heavy atom. The highest BCUT2D eigenvalue weighted by Crippen LogP contribution is 2.32. The fraction of sp³-hybridized carbons (Fsp3) is 0.438. The van der Waals surface area contributed by atoms with Gasteiger partial charge in [0, 0.05) is 34.9 Å². The number of nitrogens with zero attached hydrogens (tertiary/aromatic N) is 2. The first kappa shape index (κ1) is 13.7. The molecule has 1 aliphatic rings. The highest BCUT2D eigenvalue weighted by molar-refractivity contribution is 6.31. The van der Waals surface area contributed by atoms with Gasteiger partial charge in [-0.05, 0) is 56.5 Å². The number of nitrogens with two attached hydrogens (primary N) is 1. The Kier molecular flexibility index (Phi) is 4.08. The van der Waals surface area contributed by atoms with Crippen LogP contribution in [0.2, 0.25) is 5.02 Å². The van der Waals surface area contributed by atoms with Crippen LogP contribution in [0.3, 0.4) is 0 Å². The van der Waals surface area contributed by atoms with Crippen molar-refractivity contribution in [2.75, 3.05) is 18.0 Å². The molecule has 1 fully saturated rings. The second-order valence-corrected chi connectivity index (χ2v) is 5.85. The van der Waals surface area contributed by atoms with Crippen molar-refractivity contribution < 1.29 is 0 Å². The van der Waals surface area contributed by atoms with Crippen LogP contribution in [0.1, 0.15) is 25.7 Å². The van der Waals surface area contributed by atoms with Crippen LogP contribution in [-0.4, -0.2) is 24.1 Å². The second kappa shape index (κ2) is 5.98. The summed E-state index contributed by atoms with van der Waals surface area (Å²) in [7, 11) is 0. The van der Waals surface area contributed by atoms with E-state index in [4.69, 9.17) is 17.3 Å². The van der Waals surface area contributed by atoms with Gasteiger partial charge in [0.25, 0.3) is 0 Å². The monoisotopic (exact) mass is 289 g/mol. The molecule has 0 saturated carbocycles. The van der Waals surface area contributed by atoms with Crippen molar-refractivity contribution in [2.45, 2.75) is 31.7 Å². The molecule has 106 valence electrons. The molecule has 1 atom stereocenters. The fourth-order valence-electron chi connectivity index (χ4n) is 3.17. The summed E-state index contributed by atoms with van der Waals surface area (Å²) < 4.78 is 0. The van der Waals surface area contributed by atoms with Crippen LogP contribution < -0.4 is 10.6 Å². The first-order valence-electron chi connectivity index (χ1n) is 7.30.